The molecule has 2 aromatic carbocycles. The molecule has 1 atom stereocenters. The van der Waals surface area contributed by atoms with E-state index in [1.54, 1.807) is 12.1 Å². The summed E-state index contributed by atoms with van der Waals surface area (Å²) in [5, 5.41) is 9.92. The molecule has 0 aliphatic heterocycles. The van der Waals surface area contributed by atoms with Crippen LogP contribution in [0.15, 0.2) is 59.4 Å². The summed E-state index contributed by atoms with van der Waals surface area (Å²) in [6, 6.07) is 18.5. The first-order valence-corrected chi connectivity index (χ1v) is 9.41. The van der Waals surface area contributed by atoms with Gasteiger partial charge in [-0.15, -0.1) is 0 Å². The summed E-state index contributed by atoms with van der Waals surface area (Å²) in [6.45, 7) is 1.88. The van der Waals surface area contributed by atoms with Crippen molar-refractivity contribution in [3.8, 4) is 11.8 Å². The molecule has 0 radical (unpaired) electrons. The highest BCUT2D eigenvalue weighted by molar-refractivity contribution is 6.30. The number of benzene rings is 2. The molecule has 0 bridgehead atoms. The van der Waals surface area contributed by atoms with E-state index in [9.17, 15) is 14.9 Å². The highest BCUT2D eigenvalue weighted by Crippen LogP contribution is 2.34. The number of carbonyl (C=O) groups is 1. The van der Waals surface area contributed by atoms with E-state index in [4.69, 9.17) is 11.6 Å². The smallest absolute Gasteiger partial charge is 0.273 e. The fourth-order valence-corrected chi connectivity index (χ4v) is 4.02. The normalized spacial score (nSPS) is 15.8. The number of Topliss-reactive ketones (excluding diaryl/α,β-unsaturated/α-hetero) is 1. The molecule has 1 aliphatic carbocycles. The van der Waals surface area contributed by atoms with Gasteiger partial charge in [-0.2, -0.15) is 5.26 Å². The molecule has 0 saturated heterocycles. The predicted molar refractivity (Wildman–Crippen MR) is 108 cm³/mol. The van der Waals surface area contributed by atoms with E-state index in [0.29, 0.717) is 34.8 Å². The Hall–Kier alpha value is -3.16. The number of aryl methyl sites for hydroxylation is 1. The number of rotatable bonds is 2. The van der Waals surface area contributed by atoms with Crippen LogP contribution >= 0.6 is 11.6 Å². The van der Waals surface area contributed by atoms with Crippen LogP contribution in [0.4, 0.5) is 0 Å². The van der Waals surface area contributed by atoms with Crippen LogP contribution in [0.2, 0.25) is 5.02 Å². The number of ketones is 1. The number of nitrogens with zero attached hydrogens (tertiary/aromatic N) is 2. The molecule has 0 spiro atoms. The molecule has 0 N–H and O–H groups in total. The van der Waals surface area contributed by atoms with Gasteiger partial charge in [-0.1, -0.05) is 48.0 Å². The van der Waals surface area contributed by atoms with Crippen molar-refractivity contribution in [2.45, 2.75) is 25.7 Å². The van der Waals surface area contributed by atoms with E-state index in [0.717, 1.165) is 11.1 Å². The maximum Gasteiger partial charge on any atom is 0.273 e. The van der Waals surface area contributed by atoms with Crippen molar-refractivity contribution in [3.63, 3.8) is 0 Å². The molecule has 0 saturated carbocycles. The molecule has 1 aliphatic rings. The number of aromatic nitrogens is 1. The zero-order chi connectivity index (χ0) is 19.8. The lowest BCUT2D eigenvalue weighted by Gasteiger charge is -2.27. The van der Waals surface area contributed by atoms with E-state index in [1.165, 1.54) is 10.6 Å². The Kier molecular flexibility index (Phi) is 4.62. The fraction of sp³-hybridized carbons (Fsp3) is 0.174. The topological polar surface area (TPSA) is 62.9 Å². The lowest BCUT2D eigenvalue weighted by Crippen LogP contribution is -2.32. The Morgan fingerprint density at radius 2 is 1.82 bits per heavy atom. The van der Waals surface area contributed by atoms with Crippen LogP contribution in [0.25, 0.3) is 5.69 Å². The Morgan fingerprint density at radius 3 is 2.54 bits per heavy atom. The molecule has 5 heteroatoms. The van der Waals surface area contributed by atoms with Gasteiger partial charge in [0, 0.05) is 22.7 Å². The SMILES string of the molecule is Cc1ccc(Cl)cc1-n1c2c(cc(C#N)c1=O)C(=O)C[C@@H](c1ccccc1)C2. The number of fused-ring (bicyclic) bond motifs is 1. The lowest BCUT2D eigenvalue weighted by atomic mass is 9.81. The van der Waals surface area contributed by atoms with Crippen molar-refractivity contribution in [3.05, 3.63) is 97.9 Å². The van der Waals surface area contributed by atoms with Gasteiger partial charge in [-0.3, -0.25) is 14.2 Å². The largest absolute Gasteiger partial charge is 0.294 e. The van der Waals surface area contributed by atoms with Crippen molar-refractivity contribution in [2.75, 3.05) is 0 Å². The zero-order valence-electron chi connectivity index (χ0n) is 15.3. The fourth-order valence-electron chi connectivity index (χ4n) is 3.85. The van der Waals surface area contributed by atoms with Gasteiger partial charge in [0.2, 0.25) is 0 Å². The van der Waals surface area contributed by atoms with Crippen molar-refractivity contribution >= 4 is 17.4 Å². The van der Waals surface area contributed by atoms with Gasteiger partial charge in [0.1, 0.15) is 11.6 Å². The van der Waals surface area contributed by atoms with Gasteiger partial charge in [0.05, 0.1) is 5.69 Å². The minimum atomic E-state index is -0.423. The number of halogens is 1. The van der Waals surface area contributed by atoms with Crippen molar-refractivity contribution in [1.82, 2.24) is 4.57 Å². The van der Waals surface area contributed by atoms with Crippen LogP contribution in [-0.4, -0.2) is 10.4 Å². The number of nitriles is 1. The van der Waals surface area contributed by atoms with Crippen molar-refractivity contribution in [1.29, 1.82) is 5.26 Å². The van der Waals surface area contributed by atoms with E-state index in [1.807, 2.05) is 49.4 Å². The van der Waals surface area contributed by atoms with Gasteiger partial charge in [-0.05, 0) is 48.6 Å². The second kappa shape index (κ2) is 7.10. The van der Waals surface area contributed by atoms with Gasteiger partial charge in [-0.25, -0.2) is 0 Å². The third-order valence-electron chi connectivity index (χ3n) is 5.28. The highest BCUT2D eigenvalue weighted by Gasteiger charge is 2.30. The van der Waals surface area contributed by atoms with Crippen molar-refractivity contribution in [2.24, 2.45) is 0 Å². The molecule has 4 rings (SSSR count). The maximum absolute atomic E-state index is 13.1. The zero-order valence-corrected chi connectivity index (χ0v) is 16.0. The molecule has 138 valence electrons. The monoisotopic (exact) mass is 388 g/mol. The number of hydrogen-bond acceptors (Lipinski definition) is 3. The number of pyridine rings is 1. The van der Waals surface area contributed by atoms with Gasteiger partial charge in [0.15, 0.2) is 5.78 Å². The van der Waals surface area contributed by atoms with E-state index in [2.05, 4.69) is 0 Å². The average Bonchev–Trinajstić information content (AvgIpc) is 2.70. The summed E-state index contributed by atoms with van der Waals surface area (Å²) in [7, 11) is 0. The summed E-state index contributed by atoms with van der Waals surface area (Å²) in [6.07, 6.45) is 0.895. The molecule has 0 amide bonds. The van der Waals surface area contributed by atoms with Crippen LogP contribution in [-0.2, 0) is 6.42 Å². The predicted octanol–water partition coefficient (Wildman–Crippen LogP) is 4.58. The third-order valence-corrected chi connectivity index (χ3v) is 5.51. The second-order valence-electron chi connectivity index (χ2n) is 7.04. The second-order valence-corrected chi connectivity index (χ2v) is 7.48. The Bertz CT molecular complexity index is 1190. The number of carbonyl (C=O) groups excluding carboxylic acids is 1. The Balaban J connectivity index is 1.99. The van der Waals surface area contributed by atoms with E-state index in [-0.39, 0.29) is 17.3 Å². The van der Waals surface area contributed by atoms with Crippen molar-refractivity contribution < 1.29 is 4.79 Å². The first-order valence-electron chi connectivity index (χ1n) is 9.03. The summed E-state index contributed by atoms with van der Waals surface area (Å²) >= 11 is 6.18. The first-order chi connectivity index (χ1) is 13.5. The summed E-state index contributed by atoms with van der Waals surface area (Å²) < 4.78 is 1.50. The highest BCUT2D eigenvalue weighted by atomic mass is 35.5. The molecule has 3 aromatic rings. The van der Waals surface area contributed by atoms with Crippen LogP contribution < -0.4 is 5.56 Å². The Morgan fingerprint density at radius 1 is 1.07 bits per heavy atom. The minimum absolute atomic E-state index is 0.0146. The summed E-state index contributed by atoms with van der Waals surface area (Å²) in [5.74, 6) is -0.0701. The molecular formula is C23H17ClN2O2. The minimum Gasteiger partial charge on any atom is -0.294 e. The van der Waals surface area contributed by atoms with Crippen LogP contribution in [0.3, 0.4) is 0 Å². The standard InChI is InChI=1S/C23H17ClN2O2/c1-14-7-8-18(24)12-20(14)26-21-10-16(15-5-3-2-4-6-15)11-22(27)19(21)9-17(13-25)23(26)28/h2-9,12,16H,10-11H2,1H3/t16-/m0/s1. The quantitative estimate of drug-likeness (QED) is 0.645. The van der Waals surface area contributed by atoms with Crippen LogP contribution in [0.1, 0.15) is 45.1 Å². The maximum atomic E-state index is 13.1. The van der Waals surface area contributed by atoms with Gasteiger partial charge in [0.25, 0.3) is 5.56 Å². The molecular weight excluding hydrogens is 372 g/mol. The van der Waals surface area contributed by atoms with Crippen LogP contribution in [0.5, 0.6) is 0 Å². The van der Waals surface area contributed by atoms with Crippen LogP contribution in [0, 0.1) is 18.3 Å². The molecule has 28 heavy (non-hydrogen) atoms. The van der Waals surface area contributed by atoms with E-state index < -0.39 is 5.56 Å². The molecule has 1 heterocycles. The molecule has 0 unspecified atom stereocenters. The summed E-state index contributed by atoms with van der Waals surface area (Å²) in [5.41, 5.74) is 3.14. The third kappa shape index (κ3) is 3.04. The molecule has 1 aromatic heterocycles. The molecule has 4 nitrogen and oxygen atoms in total. The van der Waals surface area contributed by atoms with Gasteiger partial charge < -0.3 is 0 Å². The van der Waals surface area contributed by atoms with Gasteiger partial charge >= 0.3 is 0 Å². The summed E-state index contributed by atoms with van der Waals surface area (Å²) in [4.78, 5) is 26.0. The number of hydrogen-bond donors (Lipinski definition) is 0. The van der Waals surface area contributed by atoms with E-state index >= 15 is 0 Å². The molecule has 0 fully saturated rings. The Labute approximate surface area is 167 Å². The lowest BCUT2D eigenvalue weighted by molar-refractivity contribution is 0.0962. The first kappa shape index (κ1) is 18.2. The average molecular weight is 389 g/mol.